The number of nitrogens with two attached hydrogens (primary N) is 2. The van der Waals surface area contributed by atoms with Gasteiger partial charge in [0.1, 0.15) is 30.6 Å². The van der Waals surface area contributed by atoms with Crippen molar-refractivity contribution in [2.45, 2.75) is 71.9 Å². The Morgan fingerprint density at radius 1 is 0.934 bits per heavy atom. The van der Waals surface area contributed by atoms with Gasteiger partial charge in [0.15, 0.2) is 0 Å². The number of hydrogen-bond acceptors (Lipinski definition) is 11. The van der Waals surface area contributed by atoms with Crippen molar-refractivity contribution in [1.29, 1.82) is 0 Å². The summed E-state index contributed by atoms with van der Waals surface area (Å²) in [6, 6.07) is 17.6. The number of nitrogens with one attached hydrogen (secondary N) is 3. The van der Waals surface area contributed by atoms with Gasteiger partial charge in [-0.1, -0.05) is 56.3 Å². The molecule has 0 aliphatic carbocycles. The topological polar surface area (TPSA) is 224 Å². The molecule has 1 unspecified atom stereocenters. The van der Waals surface area contributed by atoms with Crippen LogP contribution in [0.15, 0.2) is 89.6 Å². The zero-order valence-corrected chi connectivity index (χ0v) is 34.7. The number of ether oxygens (including phenoxy) is 2. The van der Waals surface area contributed by atoms with Gasteiger partial charge in [0.2, 0.25) is 11.3 Å². The van der Waals surface area contributed by atoms with Crippen LogP contribution in [0.4, 0.5) is 25.4 Å². The zero-order chi connectivity index (χ0) is 44.1. The third kappa shape index (κ3) is 12.2. The van der Waals surface area contributed by atoms with Crippen molar-refractivity contribution in [3.63, 3.8) is 0 Å². The van der Waals surface area contributed by atoms with Crippen molar-refractivity contribution in [3.8, 4) is 0 Å². The van der Waals surface area contributed by atoms with Crippen LogP contribution in [0.25, 0.3) is 10.9 Å². The number of piperazine rings is 1. The van der Waals surface area contributed by atoms with E-state index in [2.05, 4.69) is 16.0 Å². The summed E-state index contributed by atoms with van der Waals surface area (Å²) in [6.45, 7) is 7.70. The molecule has 17 heteroatoms. The van der Waals surface area contributed by atoms with Crippen molar-refractivity contribution < 1.29 is 38.1 Å². The van der Waals surface area contributed by atoms with E-state index in [0.717, 1.165) is 18.1 Å². The predicted molar refractivity (Wildman–Crippen MR) is 230 cm³/mol. The lowest BCUT2D eigenvalue weighted by molar-refractivity contribution is -0.118. The molecule has 1 aliphatic rings. The van der Waals surface area contributed by atoms with E-state index in [0.29, 0.717) is 61.5 Å². The number of nitrogens with zero attached hydrogens (tertiary/aromatic N) is 3. The Bertz CT molecular complexity index is 2240. The minimum atomic E-state index is -1.38. The van der Waals surface area contributed by atoms with Gasteiger partial charge < -0.3 is 56.4 Å². The Balaban J connectivity index is 1.12. The first-order chi connectivity index (χ1) is 29.3. The predicted octanol–water partition coefficient (Wildman–Crippen LogP) is 5.09. The smallest absolute Gasteiger partial charge is 0.410 e. The van der Waals surface area contributed by atoms with E-state index in [4.69, 9.17) is 20.9 Å². The Labute approximate surface area is 353 Å². The maximum Gasteiger partial charge on any atom is 0.410 e. The number of rotatable bonds is 18. The highest BCUT2D eigenvalue weighted by Gasteiger charge is 2.26. The molecule has 1 aliphatic heterocycles. The second-order valence-corrected chi connectivity index (χ2v) is 15.1. The van der Waals surface area contributed by atoms with Crippen LogP contribution in [0.1, 0.15) is 61.5 Å². The fourth-order valence-corrected chi connectivity index (χ4v) is 6.93. The van der Waals surface area contributed by atoms with E-state index >= 15 is 4.39 Å². The van der Waals surface area contributed by atoms with Crippen LogP contribution in [-0.2, 0) is 34.0 Å². The van der Waals surface area contributed by atoms with Crippen molar-refractivity contribution >= 4 is 46.3 Å². The van der Waals surface area contributed by atoms with Gasteiger partial charge in [0.25, 0.3) is 0 Å². The summed E-state index contributed by atoms with van der Waals surface area (Å²) in [5, 5.41) is 18.3. The quantitative estimate of drug-likeness (QED) is 0.0721. The molecule has 1 aromatic heterocycles. The van der Waals surface area contributed by atoms with Gasteiger partial charge in [-0.05, 0) is 74.0 Å². The minimum absolute atomic E-state index is 0.0138. The number of aryl methyl sites for hydroxylation is 1. The molecule has 0 bridgehead atoms. The summed E-state index contributed by atoms with van der Waals surface area (Å²) >= 11 is 0. The average Bonchev–Trinajstić information content (AvgIpc) is 3.25. The molecule has 8 N–H and O–H groups in total. The van der Waals surface area contributed by atoms with Gasteiger partial charge in [0, 0.05) is 61.9 Å². The van der Waals surface area contributed by atoms with E-state index in [-0.39, 0.29) is 49.2 Å². The SMILES string of the molecule is CCn1cc(C(=O)O)c(=O)c2cc(F)c(N3CCN(C(=O)OCc4ccc(NC(=O)[C@H](CCCCN)N/C=C(\N)C(NC(=O)OCc5ccccc5)C(C)C)cc4)CC3)cc21. The van der Waals surface area contributed by atoms with Crippen LogP contribution >= 0.6 is 0 Å². The van der Waals surface area contributed by atoms with Crippen LogP contribution in [0.2, 0.25) is 0 Å². The van der Waals surface area contributed by atoms with E-state index in [1.54, 1.807) is 52.9 Å². The number of carbonyl (C=O) groups excluding carboxylic acids is 3. The van der Waals surface area contributed by atoms with Crippen molar-refractivity contribution in [2.75, 3.05) is 42.9 Å². The van der Waals surface area contributed by atoms with Crippen molar-refractivity contribution in [2.24, 2.45) is 17.4 Å². The average molecular weight is 843 g/mol. The summed E-state index contributed by atoms with van der Waals surface area (Å²) in [4.78, 5) is 66.7. The molecule has 2 atom stereocenters. The molecule has 0 radical (unpaired) electrons. The standard InChI is InChI=1S/C44H55FN8O8/c1-4-51-25-33(42(56)57)40(54)32-22-34(45)38(23-37(32)51)52-18-20-53(21-19-52)44(59)61-27-30-13-15-31(16-14-30)49-41(55)36(12-8-9-17-46)48-24-35(47)39(28(2)3)50-43(58)60-26-29-10-6-5-7-11-29/h5-7,10-11,13-16,22-25,28,36,39,48H,4,8-9,12,17-21,26-27,46-47H2,1-3H3,(H,49,55)(H,50,58)(H,56,57)/b35-24-/t36-,39?/m0/s1. The summed E-state index contributed by atoms with van der Waals surface area (Å²) in [5.74, 6) is -2.41. The molecule has 2 heterocycles. The number of carboxylic acids is 1. The number of anilines is 2. The Morgan fingerprint density at radius 2 is 1.61 bits per heavy atom. The first kappa shape index (κ1) is 45.5. The third-order valence-electron chi connectivity index (χ3n) is 10.4. The number of hydrogen-bond donors (Lipinski definition) is 6. The molecule has 5 rings (SSSR count). The number of aromatic carboxylic acids is 1. The summed E-state index contributed by atoms with van der Waals surface area (Å²) in [6.07, 6.45) is 3.54. The number of pyridine rings is 1. The fourth-order valence-electron chi connectivity index (χ4n) is 6.93. The summed E-state index contributed by atoms with van der Waals surface area (Å²) in [7, 11) is 0. The number of amides is 3. The van der Waals surface area contributed by atoms with Crippen molar-refractivity contribution in [1.82, 2.24) is 20.1 Å². The summed E-state index contributed by atoms with van der Waals surface area (Å²) < 4.78 is 27.9. The highest BCUT2D eigenvalue weighted by atomic mass is 19.1. The Kier molecular flexibility index (Phi) is 16.1. The number of benzene rings is 3. The highest BCUT2D eigenvalue weighted by Crippen LogP contribution is 2.27. The van der Waals surface area contributed by atoms with E-state index in [1.165, 1.54) is 11.1 Å². The molecule has 4 aromatic rings. The molecule has 0 spiro atoms. The molecule has 0 saturated carbocycles. The largest absolute Gasteiger partial charge is 0.477 e. The highest BCUT2D eigenvalue weighted by molar-refractivity contribution is 5.95. The fraction of sp³-hybridized carbons (Fsp3) is 0.386. The number of halogens is 1. The van der Waals surface area contributed by atoms with Crippen LogP contribution in [-0.4, -0.2) is 83.4 Å². The van der Waals surface area contributed by atoms with Gasteiger partial charge >= 0.3 is 18.2 Å². The number of carboxylic acid groups (broad SMARTS) is 1. The molecule has 3 amide bonds. The normalized spacial score (nSPS) is 14.0. The number of carbonyl (C=O) groups is 4. The Hall–Kier alpha value is -6.62. The molecule has 1 saturated heterocycles. The zero-order valence-electron chi connectivity index (χ0n) is 34.7. The molecular weight excluding hydrogens is 788 g/mol. The second kappa shape index (κ2) is 21.6. The first-order valence-corrected chi connectivity index (χ1v) is 20.3. The lowest BCUT2D eigenvalue weighted by Gasteiger charge is -2.35. The van der Waals surface area contributed by atoms with Crippen molar-refractivity contribution in [3.05, 3.63) is 118 Å². The number of aromatic nitrogens is 1. The van der Waals surface area contributed by atoms with E-state index < -0.39 is 47.0 Å². The van der Waals surface area contributed by atoms with Gasteiger partial charge in [-0.3, -0.25) is 9.59 Å². The molecular formula is C44H55FN8O8. The van der Waals surface area contributed by atoms with Crippen LogP contribution in [0.5, 0.6) is 0 Å². The first-order valence-electron chi connectivity index (χ1n) is 20.3. The minimum Gasteiger partial charge on any atom is -0.477 e. The molecule has 16 nitrogen and oxygen atoms in total. The van der Waals surface area contributed by atoms with Crippen LogP contribution in [0.3, 0.4) is 0 Å². The van der Waals surface area contributed by atoms with E-state index in [9.17, 15) is 29.1 Å². The van der Waals surface area contributed by atoms with E-state index in [1.807, 2.05) is 44.2 Å². The Morgan fingerprint density at radius 3 is 2.25 bits per heavy atom. The van der Waals surface area contributed by atoms with Gasteiger partial charge in [-0.25, -0.2) is 18.8 Å². The second-order valence-electron chi connectivity index (χ2n) is 15.1. The van der Waals surface area contributed by atoms with Crippen LogP contribution in [0, 0.1) is 11.7 Å². The van der Waals surface area contributed by atoms with Crippen LogP contribution < -0.4 is 37.7 Å². The number of unbranched alkanes of at least 4 members (excludes halogenated alkanes) is 1. The maximum atomic E-state index is 15.3. The summed E-state index contributed by atoms with van der Waals surface area (Å²) in [5.41, 5.74) is 14.0. The lowest BCUT2D eigenvalue weighted by atomic mass is 10.0. The maximum absolute atomic E-state index is 15.3. The lowest BCUT2D eigenvalue weighted by Crippen LogP contribution is -2.49. The monoisotopic (exact) mass is 842 g/mol. The van der Waals surface area contributed by atoms with Gasteiger partial charge in [0.05, 0.1) is 17.2 Å². The third-order valence-corrected chi connectivity index (χ3v) is 10.4. The number of fused-ring (bicyclic) bond motifs is 1. The number of alkyl carbamates (subject to hydrolysis) is 1. The molecule has 1 fully saturated rings. The van der Waals surface area contributed by atoms with Gasteiger partial charge in [-0.15, -0.1) is 0 Å². The van der Waals surface area contributed by atoms with Gasteiger partial charge in [-0.2, -0.15) is 0 Å². The molecule has 3 aromatic carbocycles. The molecule has 61 heavy (non-hydrogen) atoms. The molecule has 326 valence electrons.